The van der Waals surface area contributed by atoms with Crippen molar-refractivity contribution in [1.82, 2.24) is 14.5 Å². The van der Waals surface area contributed by atoms with E-state index in [4.69, 9.17) is 20.4 Å². The van der Waals surface area contributed by atoms with Crippen molar-refractivity contribution in [2.45, 2.75) is 36.6 Å². The topological polar surface area (TPSA) is 100 Å². The SMILES string of the molecule is COc1ccc(CCn2c(N)c(S(=O)(=O)c3cc(C)ccc3C)c3nc4ccccc4nc32)cc1. The first-order valence-corrected chi connectivity index (χ1v) is 12.8. The van der Waals surface area contributed by atoms with Crippen molar-refractivity contribution in [1.29, 1.82) is 0 Å². The Kier molecular flexibility index (Phi) is 5.68. The van der Waals surface area contributed by atoms with Crippen molar-refractivity contribution in [2.24, 2.45) is 0 Å². The zero-order chi connectivity index (χ0) is 24.7. The third-order valence-corrected chi connectivity index (χ3v) is 8.19. The van der Waals surface area contributed by atoms with Gasteiger partial charge in [0.2, 0.25) is 9.84 Å². The van der Waals surface area contributed by atoms with E-state index in [1.165, 1.54) is 0 Å². The monoisotopic (exact) mass is 486 g/mol. The number of methoxy groups -OCH3 is 1. The highest BCUT2D eigenvalue weighted by Gasteiger charge is 2.31. The fourth-order valence-corrected chi connectivity index (χ4v) is 6.15. The number of sulfone groups is 1. The standard InChI is InChI=1S/C27H26N4O3S/c1-17-8-9-18(2)23(16-17)35(32,33)25-24-27(30-22-7-5-4-6-21(22)29-24)31(26(25)28)15-14-19-10-12-20(34-3)13-11-19/h4-13,16H,14-15,28H2,1-3H3. The maximum Gasteiger partial charge on any atom is 0.212 e. The van der Waals surface area contributed by atoms with Crippen LogP contribution in [0.4, 0.5) is 5.82 Å². The van der Waals surface area contributed by atoms with Gasteiger partial charge >= 0.3 is 0 Å². The number of aryl methyl sites for hydroxylation is 4. The van der Waals surface area contributed by atoms with Gasteiger partial charge in [-0.2, -0.15) is 0 Å². The smallest absolute Gasteiger partial charge is 0.212 e. The molecule has 0 aliphatic carbocycles. The lowest BCUT2D eigenvalue weighted by Gasteiger charge is -2.10. The minimum atomic E-state index is -3.95. The first kappa shape index (κ1) is 22.9. The van der Waals surface area contributed by atoms with Crippen LogP contribution in [-0.4, -0.2) is 30.1 Å². The van der Waals surface area contributed by atoms with Gasteiger partial charge in [-0.15, -0.1) is 0 Å². The molecule has 0 aliphatic rings. The van der Waals surface area contributed by atoms with E-state index >= 15 is 0 Å². The zero-order valence-corrected chi connectivity index (χ0v) is 20.6. The average molecular weight is 487 g/mol. The molecule has 2 heterocycles. The van der Waals surface area contributed by atoms with E-state index in [2.05, 4.69) is 0 Å². The number of benzene rings is 3. The third-order valence-electron chi connectivity index (χ3n) is 6.23. The molecular formula is C27H26N4O3S. The highest BCUT2D eigenvalue weighted by Crippen LogP contribution is 2.36. The van der Waals surface area contributed by atoms with Crippen molar-refractivity contribution < 1.29 is 13.2 Å². The number of rotatable bonds is 6. The summed E-state index contributed by atoms with van der Waals surface area (Å²) < 4.78 is 34.9. The van der Waals surface area contributed by atoms with Crippen LogP contribution in [0.3, 0.4) is 0 Å². The van der Waals surface area contributed by atoms with Crippen LogP contribution in [0.1, 0.15) is 16.7 Å². The Balaban J connectivity index is 1.70. The van der Waals surface area contributed by atoms with Gasteiger partial charge in [-0.3, -0.25) is 0 Å². The molecule has 0 radical (unpaired) electrons. The number of anilines is 1. The van der Waals surface area contributed by atoms with Crippen LogP contribution in [0.25, 0.3) is 22.2 Å². The summed E-state index contributed by atoms with van der Waals surface area (Å²) in [5, 5.41) is 0. The summed E-state index contributed by atoms with van der Waals surface area (Å²) in [6, 6.07) is 20.6. The molecule has 0 atom stereocenters. The first-order chi connectivity index (χ1) is 16.8. The molecule has 2 aromatic heterocycles. The Morgan fingerprint density at radius 3 is 2.31 bits per heavy atom. The molecule has 8 heteroatoms. The minimum absolute atomic E-state index is 0.00850. The lowest BCUT2D eigenvalue weighted by Crippen LogP contribution is -2.10. The maximum atomic E-state index is 14.0. The Hall–Kier alpha value is -3.91. The van der Waals surface area contributed by atoms with Gasteiger partial charge in [-0.05, 0) is 67.3 Å². The minimum Gasteiger partial charge on any atom is -0.497 e. The molecule has 35 heavy (non-hydrogen) atoms. The summed E-state index contributed by atoms with van der Waals surface area (Å²) >= 11 is 0. The highest BCUT2D eigenvalue weighted by molar-refractivity contribution is 7.92. The molecule has 0 fully saturated rings. The fourth-order valence-electron chi connectivity index (χ4n) is 4.32. The van der Waals surface area contributed by atoms with E-state index < -0.39 is 9.84 Å². The predicted octanol–water partition coefficient (Wildman–Crippen LogP) is 4.87. The summed E-state index contributed by atoms with van der Waals surface area (Å²) in [4.78, 5) is 9.74. The molecule has 0 aliphatic heterocycles. The van der Waals surface area contributed by atoms with Gasteiger partial charge in [0.05, 0.1) is 23.0 Å². The molecule has 7 nitrogen and oxygen atoms in total. The number of hydrogen-bond acceptors (Lipinski definition) is 6. The van der Waals surface area contributed by atoms with Gasteiger partial charge in [0, 0.05) is 6.54 Å². The third kappa shape index (κ3) is 4.00. The van der Waals surface area contributed by atoms with Crippen molar-refractivity contribution in [2.75, 3.05) is 12.8 Å². The van der Waals surface area contributed by atoms with Crippen LogP contribution < -0.4 is 10.5 Å². The number of nitrogens with two attached hydrogens (primary N) is 1. The predicted molar refractivity (Wildman–Crippen MR) is 138 cm³/mol. The van der Waals surface area contributed by atoms with E-state index in [0.29, 0.717) is 35.2 Å². The molecule has 2 N–H and O–H groups in total. The number of ether oxygens (including phenoxy) is 1. The number of fused-ring (bicyclic) bond motifs is 2. The van der Waals surface area contributed by atoms with Crippen LogP contribution in [0, 0.1) is 13.8 Å². The zero-order valence-electron chi connectivity index (χ0n) is 19.8. The molecule has 5 rings (SSSR count). The number of nitrogens with zero attached hydrogens (tertiary/aromatic N) is 3. The fraction of sp³-hybridized carbons (Fsp3) is 0.185. The molecule has 0 spiro atoms. The number of aromatic nitrogens is 3. The van der Waals surface area contributed by atoms with Crippen LogP contribution in [0.15, 0.2) is 76.5 Å². The summed E-state index contributed by atoms with van der Waals surface area (Å²) in [5.41, 5.74) is 11.2. The highest BCUT2D eigenvalue weighted by atomic mass is 32.2. The largest absolute Gasteiger partial charge is 0.497 e. The van der Waals surface area contributed by atoms with Crippen LogP contribution in [0.5, 0.6) is 5.75 Å². The number of hydrogen-bond donors (Lipinski definition) is 1. The summed E-state index contributed by atoms with van der Waals surface area (Å²) in [5.74, 6) is 0.920. The van der Waals surface area contributed by atoms with Gasteiger partial charge < -0.3 is 15.0 Å². The Morgan fingerprint density at radius 1 is 0.943 bits per heavy atom. The lowest BCUT2D eigenvalue weighted by atomic mass is 10.1. The Labute approximate surface area is 204 Å². The normalized spacial score (nSPS) is 11.9. The van der Waals surface area contributed by atoms with Gasteiger partial charge in [-0.1, -0.05) is 36.4 Å². The van der Waals surface area contributed by atoms with Crippen LogP contribution in [0.2, 0.25) is 0 Å². The molecule has 0 saturated carbocycles. The molecule has 178 valence electrons. The van der Waals surface area contributed by atoms with E-state index in [0.717, 1.165) is 16.9 Å². The van der Waals surface area contributed by atoms with E-state index in [1.807, 2.05) is 67.6 Å². The Bertz CT molecular complexity index is 1670. The average Bonchev–Trinajstić information content (AvgIpc) is 3.13. The molecule has 0 unspecified atom stereocenters. The van der Waals surface area contributed by atoms with Crippen molar-refractivity contribution in [3.63, 3.8) is 0 Å². The van der Waals surface area contributed by atoms with Crippen molar-refractivity contribution in [3.8, 4) is 5.75 Å². The molecule has 5 aromatic rings. The van der Waals surface area contributed by atoms with Crippen molar-refractivity contribution in [3.05, 3.63) is 83.4 Å². The quantitative estimate of drug-likeness (QED) is 0.368. The maximum absolute atomic E-state index is 14.0. The summed E-state index contributed by atoms with van der Waals surface area (Å²) in [6.45, 7) is 4.10. The van der Waals surface area contributed by atoms with Gasteiger partial charge in [0.1, 0.15) is 22.0 Å². The summed E-state index contributed by atoms with van der Waals surface area (Å²) in [7, 11) is -2.33. The molecule has 0 amide bonds. The van der Waals surface area contributed by atoms with Gasteiger partial charge in [0.15, 0.2) is 5.65 Å². The first-order valence-electron chi connectivity index (χ1n) is 11.3. The lowest BCUT2D eigenvalue weighted by molar-refractivity contribution is 0.414. The molecule has 0 bridgehead atoms. The summed E-state index contributed by atoms with van der Waals surface area (Å²) in [6.07, 6.45) is 0.634. The molecule has 3 aromatic carbocycles. The number of nitrogen functional groups attached to an aromatic ring is 1. The molecule has 0 saturated heterocycles. The van der Waals surface area contributed by atoms with Crippen LogP contribution in [-0.2, 0) is 22.8 Å². The number of para-hydroxylation sites is 2. The van der Waals surface area contributed by atoms with E-state index in [1.54, 1.807) is 24.7 Å². The van der Waals surface area contributed by atoms with Gasteiger partial charge in [0.25, 0.3) is 0 Å². The second-order valence-electron chi connectivity index (χ2n) is 8.62. The van der Waals surface area contributed by atoms with Crippen molar-refractivity contribution >= 4 is 37.9 Å². The van der Waals surface area contributed by atoms with E-state index in [9.17, 15) is 8.42 Å². The Morgan fingerprint density at radius 2 is 1.63 bits per heavy atom. The van der Waals surface area contributed by atoms with Crippen LogP contribution >= 0.6 is 0 Å². The second kappa shape index (κ2) is 8.70. The van der Waals surface area contributed by atoms with E-state index in [-0.39, 0.29) is 21.1 Å². The second-order valence-corrected chi connectivity index (χ2v) is 10.5. The van der Waals surface area contributed by atoms with Gasteiger partial charge in [-0.25, -0.2) is 18.4 Å². The molecular weight excluding hydrogens is 460 g/mol.